The zero-order valence-corrected chi connectivity index (χ0v) is 12.1. The fourth-order valence-electron chi connectivity index (χ4n) is 1.56. The molecule has 110 valence electrons. The monoisotopic (exact) mass is 306 g/mol. The molecular formula is C14H14N2O4S. The van der Waals surface area contributed by atoms with Gasteiger partial charge in [-0.05, 0) is 49.5 Å². The van der Waals surface area contributed by atoms with Crippen LogP contribution in [0.15, 0.2) is 58.1 Å². The Bertz CT molecular complexity index is 732. The van der Waals surface area contributed by atoms with E-state index in [0.29, 0.717) is 11.4 Å². The highest BCUT2D eigenvalue weighted by atomic mass is 32.2. The quantitative estimate of drug-likeness (QED) is 0.825. The van der Waals surface area contributed by atoms with E-state index in [-0.39, 0.29) is 10.8 Å². The van der Waals surface area contributed by atoms with E-state index < -0.39 is 10.0 Å². The summed E-state index contributed by atoms with van der Waals surface area (Å²) >= 11 is 0. The highest BCUT2D eigenvalue weighted by molar-refractivity contribution is 7.89. The Kier molecular flexibility index (Phi) is 4.56. The van der Waals surface area contributed by atoms with E-state index in [2.05, 4.69) is 10.0 Å². The number of amides is 1. The van der Waals surface area contributed by atoms with Crippen molar-refractivity contribution in [3.63, 3.8) is 0 Å². The van der Waals surface area contributed by atoms with Crippen molar-refractivity contribution in [1.82, 2.24) is 4.72 Å². The van der Waals surface area contributed by atoms with Crippen LogP contribution in [0, 0.1) is 0 Å². The summed E-state index contributed by atoms with van der Waals surface area (Å²) in [6.45, 7) is 0. The molecule has 0 unspecified atom stereocenters. The van der Waals surface area contributed by atoms with Crippen molar-refractivity contribution in [2.75, 3.05) is 12.4 Å². The summed E-state index contributed by atoms with van der Waals surface area (Å²) in [6.07, 6.45) is 4.38. The van der Waals surface area contributed by atoms with Crippen molar-refractivity contribution in [2.24, 2.45) is 0 Å². The van der Waals surface area contributed by atoms with Gasteiger partial charge in [-0.1, -0.05) is 0 Å². The molecule has 0 radical (unpaired) electrons. The lowest BCUT2D eigenvalue weighted by Crippen LogP contribution is -2.18. The second-order valence-electron chi connectivity index (χ2n) is 4.07. The van der Waals surface area contributed by atoms with Crippen LogP contribution in [0.25, 0.3) is 6.08 Å². The Labute approximate surface area is 122 Å². The van der Waals surface area contributed by atoms with Crippen molar-refractivity contribution in [3.05, 3.63) is 54.5 Å². The molecule has 0 saturated carbocycles. The van der Waals surface area contributed by atoms with Gasteiger partial charge in [-0.3, -0.25) is 4.79 Å². The van der Waals surface area contributed by atoms with Gasteiger partial charge in [0.1, 0.15) is 5.76 Å². The maximum absolute atomic E-state index is 11.7. The fourth-order valence-corrected chi connectivity index (χ4v) is 2.29. The van der Waals surface area contributed by atoms with Crippen LogP contribution in [-0.2, 0) is 14.8 Å². The fraction of sp³-hybridized carbons (Fsp3) is 0.0714. The number of carbonyl (C=O) groups excluding carboxylic acids is 1. The maximum Gasteiger partial charge on any atom is 0.248 e. The first-order chi connectivity index (χ1) is 10.0. The third kappa shape index (κ3) is 4.04. The molecule has 2 N–H and O–H groups in total. The molecule has 2 aromatic rings. The summed E-state index contributed by atoms with van der Waals surface area (Å²) in [6, 6.07) is 9.31. The zero-order chi connectivity index (χ0) is 15.3. The standard InChI is InChI=1S/C14H14N2O4S/c1-15-21(18,19)13-7-4-11(5-8-13)16-14(17)9-6-12-3-2-10-20-12/h2-10,15H,1H3,(H,16,17). The molecule has 0 fully saturated rings. The van der Waals surface area contributed by atoms with Crippen LogP contribution >= 0.6 is 0 Å². The van der Waals surface area contributed by atoms with Gasteiger partial charge < -0.3 is 9.73 Å². The zero-order valence-electron chi connectivity index (χ0n) is 11.2. The number of hydrogen-bond donors (Lipinski definition) is 2. The Morgan fingerprint density at radius 3 is 2.48 bits per heavy atom. The third-order valence-corrected chi connectivity index (χ3v) is 4.07. The summed E-state index contributed by atoms with van der Waals surface area (Å²) in [4.78, 5) is 11.8. The number of hydrogen-bond acceptors (Lipinski definition) is 4. The van der Waals surface area contributed by atoms with Gasteiger partial charge in [0, 0.05) is 11.8 Å². The molecular weight excluding hydrogens is 292 g/mol. The lowest BCUT2D eigenvalue weighted by Gasteiger charge is -2.05. The summed E-state index contributed by atoms with van der Waals surface area (Å²) in [5.74, 6) is 0.233. The van der Waals surface area contributed by atoms with Crippen molar-refractivity contribution in [2.45, 2.75) is 4.90 Å². The van der Waals surface area contributed by atoms with Gasteiger partial charge >= 0.3 is 0 Å². The van der Waals surface area contributed by atoms with Gasteiger partial charge in [-0.2, -0.15) is 0 Å². The van der Waals surface area contributed by atoms with E-state index in [1.807, 2.05) is 0 Å². The van der Waals surface area contributed by atoms with E-state index in [4.69, 9.17) is 4.42 Å². The number of anilines is 1. The molecule has 1 heterocycles. The normalized spacial score (nSPS) is 11.7. The van der Waals surface area contributed by atoms with E-state index in [9.17, 15) is 13.2 Å². The molecule has 1 aromatic carbocycles. The van der Waals surface area contributed by atoms with Crippen LogP contribution < -0.4 is 10.0 Å². The number of benzene rings is 1. The Hall–Kier alpha value is -2.38. The van der Waals surface area contributed by atoms with E-state index in [0.717, 1.165) is 0 Å². The number of nitrogens with one attached hydrogen (secondary N) is 2. The van der Waals surface area contributed by atoms with Crippen molar-refractivity contribution >= 4 is 27.7 Å². The van der Waals surface area contributed by atoms with Gasteiger partial charge in [-0.15, -0.1) is 0 Å². The minimum atomic E-state index is -3.47. The molecule has 6 nitrogen and oxygen atoms in total. The molecule has 1 aromatic heterocycles. The molecule has 0 atom stereocenters. The summed E-state index contributed by atoms with van der Waals surface area (Å²) in [7, 11) is -2.13. The van der Waals surface area contributed by atoms with Gasteiger partial charge in [0.15, 0.2) is 0 Å². The summed E-state index contributed by atoms with van der Waals surface area (Å²) in [5, 5.41) is 2.62. The SMILES string of the molecule is CNS(=O)(=O)c1ccc(NC(=O)C=Cc2ccco2)cc1. The molecule has 0 aliphatic rings. The van der Waals surface area contributed by atoms with Crippen LogP contribution in [0.4, 0.5) is 5.69 Å². The van der Waals surface area contributed by atoms with Crippen LogP contribution in [0.1, 0.15) is 5.76 Å². The molecule has 0 bridgehead atoms. The highest BCUT2D eigenvalue weighted by Crippen LogP contribution is 2.13. The van der Waals surface area contributed by atoms with E-state index in [1.54, 1.807) is 12.1 Å². The lowest BCUT2D eigenvalue weighted by atomic mass is 10.3. The van der Waals surface area contributed by atoms with Gasteiger partial charge in [-0.25, -0.2) is 13.1 Å². The second kappa shape index (κ2) is 6.38. The van der Waals surface area contributed by atoms with Crippen LogP contribution in [-0.4, -0.2) is 21.4 Å². The third-order valence-electron chi connectivity index (χ3n) is 2.64. The van der Waals surface area contributed by atoms with E-state index >= 15 is 0 Å². The first-order valence-corrected chi connectivity index (χ1v) is 7.56. The molecule has 0 spiro atoms. The van der Waals surface area contributed by atoms with Crippen LogP contribution in [0.5, 0.6) is 0 Å². The molecule has 0 aliphatic carbocycles. The highest BCUT2D eigenvalue weighted by Gasteiger charge is 2.10. The predicted molar refractivity (Wildman–Crippen MR) is 79.1 cm³/mol. The first-order valence-electron chi connectivity index (χ1n) is 6.07. The van der Waals surface area contributed by atoms with Gasteiger partial charge in [0.25, 0.3) is 0 Å². The maximum atomic E-state index is 11.7. The molecule has 1 amide bonds. The molecule has 21 heavy (non-hydrogen) atoms. The number of furan rings is 1. The van der Waals surface area contributed by atoms with E-state index in [1.165, 1.54) is 49.7 Å². The van der Waals surface area contributed by atoms with Crippen molar-refractivity contribution < 1.29 is 17.6 Å². The second-order valence-corrected chi connectivity index (χ2v) is 5.96. The minimum Gasteiger partial charge on any atom is -0.465 e. The topological polar surface area (TPSA) is 88.4 Å². The molecule has 0 saturated heterocycles. The van der Waals surface area contributed by atoms with Crippen molar-refractivity contribution in [1.29, 1.82) is 0 Å². The van der Waals surface area contributed by atoms with Crippen LogP contribution in [0.3, 0.4) is 0 Å². The predicted octanol–water partition coefficient (Wildman–Crippen LogP) is 1.84. The Morgan fingerprint density at radius 2 is 1.90 bits per heavy atom. The molecule has 2 rings (SSSR count). The average Bonchev–Trinajstić information content (AvgIpc) is 2.99. The van der Waals surface area contributed by atoms with Crippen LogP contribution in [0.2, 0.25) is 0 Å². The Balaban J connectivity index is 2.02. The summed E-state index contributed by atoms with van der Waals surface area (Å²) < 4.78 is 30.4. The number of sulfonamides is 1. The number of rotatable bonds is 5. The lowest BCUT2D eigenvalue weighted by molar-refractivity contribution is -0.111. The molecule has 0 aliphatic heterocycles. The Morgan fingerprint density at radius 1 is 1.19 bits per heavy atom. The van der Waals surface area contributed by atoms with Gasteiger partial charge in [0.05, 0.1) is 11.2 Å². The summed E-state index contributed by atoms with van der Waals surface area (Å²) in [5.41, 5.74) is 0.499. The smallest absolute Gasteiger partial charge is 0.248 e. The minimum absolute atomic E-state index is 0.133. The first kappa shape index (κ1) is 15.0. The molecule has 7 heteroatoms. The largest absolute Gasteiger partial charge is 0.465 e. The van der Waals surface area contributed by atoms with Crippen molar-refractivity contribution in [3.8, 4) is 0 Å². The van der Waals surface area contributed by atoms with Gasteiger partial charge in [0.2, 0.25) is 15.9 Å². The average molecular weight is 306 g/mol. The number of carbonyl (C=O) groups is 1.